The maximum Gasteiger partial charge on any atom is 0.243 e. The Morgan fingerprint density at radius 2 is 2.14 bits per heavy atom. The number of fused-ring (bicyclic) bond motifs is 1. The van der Waals surface area contributed by atoms with Crippen molar-refractivity contribution in [1.82, 2.24) is 14.6 Å². The first-order valence-corrected chi connectivity index (χ1v) is 7.87. The van der Waals surface area contributed by atoms with Crippen LogP contribution in [0.25, 0.3) is 5.65 Å². The molecule has 2 N–H and O–H groups in total. The van der Waals surface area contributed by atoms with Crippen molar-refractivity contribution in [3.8, 4) is 0 Å². The van der Waals surface area contributed by atoms with Gasteiger partial charge in [0.2, 0.25) is 5.95 Å². The average molecular weight is 288 g/mol. The van der Waals surface area contributed by atoms with Gasteiger partial charge in [0.25, 0.3) is 0 Å². The summed E-state index contributed by atoms with van der Waals surface area (Å²) < 4.78 is 1.77. The van der Waals surface area contributed by atoms with Gasteiger partial charge < -0.3 is 10.4 Å². The van der Waals surface area contributed by atoms with Crippen LogP contribution in [0, 0.1) is 12.8 Å². The first kappa shape index (κ1) is 14.3. The molecule has 0 bridgehead atoms. The molecule has 21 heavy (non-hydrogen) atoms. The molecular weight excluding hydrogens is 264 g/mol. The van der Waals surface area contributed by atoms with Gasteiger partial charge in [0, 0.05) is 12.7 Å². The average Bonchev–Trinajstić information content (AvgIpc) is 2.88. The van der Waals surface area contributed by atoms with Gasteiger partial charge >= 0.3 is 0 Å². The summed E-state index contributed by atoms with van der Waals surface area (Å²) in [5.41, 5.74) is 1.36. The fraction of sp³-hybridized carbons (Fsp3) is 0.625. The van der Waals surface area contributed by atoms with E-state index < -0.39 is 5.60 Å². The Labute approximate surface area is 125 Å². The number of pyridine rings is 1. The number of hydrogen-bond acceptors (Lipinski definition) is 4. The zero-order valence-corrected chi connectivity index (χ0v) is 12.8. The van der Waals surface area contributed by atoms with E-state index in [4.69, 9.17) is 0 Å². The Balaban J connectivity index is 1.63. The Bertz CT molecular complexity index is 614. The van der Waals surface area contributed by atoms with Crippen molar-refractivity contribution < 1.29 is 5.11 Å². The minimum atomic E-state index is -0.612. The van der Waals surface area contributed by atoms with Crippen LogP contribution in [0.1, 0.15) is 44.6 Å². The summed E-state index contributed by atoms with van der Waals surface area (Å²) in [5.74, 6) is 1.37. The fourth-order valence-electron chi connectivity index (χ4n) is 3.10. The Morgan fingerprint density at radius 1 is 1.38 bits per heavy atom. The van der Waals surface area contributed by atoms with Crippen LogP contribution >= 0.6 is 0 Å². The van der Waals surface area contributed by atoms with E-state index >= 15 is 0 Å². The lowest BCUT2D eigenvalue weighted by Crippen LogP contribution is -2.40. The molecular formula is C16H24N4O. The molecule has 5 heteroatoms. The van der Waals surface area contributed by atoms with Crippen molar-refractivity contribution in [1.29, 1.82) is 0 Å². The lowest BCUT2D eigenvalue weighted by molar-refractivity contribution is 0.00216. The van der Waals surface area contributed by atoms with Gasteiger partial charge in [-0.05, 0) is 50.2 Å². The van der Waals surface area contributed by atoms with Crippen molar-refractivity contribution in [2.24, 2.45) is 5.92 Å². The molecule has 0 unspecified atom stereocenters. The smallest absolute Gasteiger partial charge is 0.243 e. The van der Waals surface area contributed by atoms with Gasteiger partial charge in [-0.15, -0.1) is 5.10 Å². The SMILES string of the molecule is CCC1CCC(O)(CNc2nc3ccc(C)cn3n2)CC1. The minimum absolute atomic E-state index is 0.527. The van der Waals surface area contributed by atoms with E-state index in [2.05, 4.69) is 22.3 Å². The van der Waals surface area contributed by atoms with E-state index in [-0.39, 0.29) is 0 Å². The first-order chi connectivity index (χ1) is 10.1. The number of aromatic nitrogens is 3. The molecule has 2 heterocycles. The number of rotatable bonds is 4. The van der Waals surface area contributed by atoms with E-state index in [1.807, 2.05) is 25.3 Å². The fourth-order valence-corrected chi connectivity index (χ4v) is 3.10. The number of nitrogens with one attached hydrogen (secondary N) is 1. The van der Waals surface area contributed by atoms with Crippen LogP contribution in [0.15, 0.2) is 18.3 Å². The molecule has 0 spiro atoms. The van der Waals surface area contributed by atoms with Gasteiger partial charge in [-0.2, -0.15) is 4.98 Å². The lowest BCUT2D eigenvalue weighted by atomic mass is 9.78. The largest absolute Gasteiger partial charge is 0.388 e. The molecule has 0 atom stereocenters. The second-order valence-corrected chi connectivity index (χ2v) is 6.37. The highest BCUT2D eigenvalue weighted by Crippen LogP contribution is 2.33. The predicted octanol–water partition coefficient (Wildman–Crippen LogP) is 2.78. The molecule has 0 saturated heterocycles. The van der Waals surface area contributed by atoms with Gasteiger partial charge in [-0.3, -0.25) is 0 Å². The third kappa shape index (κ3) is 3.18. The molecule has 5 nitrogen and oxygen atoms in total. The lowest BCUT2D eigenvalue weighted by Gasteiger charge is -2.35. The zero-order chi connectivity index (χ0) is 14.9. The summed E-state index contributed by atoms with van der Waals surface area (Å²) in [5, 5.41) is 18.2. The van der Waals surface area contributed by atoms with Gasteiger partial charge in [0.15, 0.2) is 5.65 Å². The summed E-state index contributed by atoms with van der Waals surface area (Å²) in [6.45, 7) is 4.79. The van der Waals surface area contributed by atoms with Crippen LogP contribution in [0.4, 0.5) is 5.95 Å². The van der Waals surface area contributed by atoms with Crippen molar-refractivity contribution >= 4 is 11.6 Å². The van der Waals surface area contributed by atoms with E-state index in [0.29, 0.717) is 12.5 Å². The molecule has 0 radical (unpaired) electrons. The summed E-state index contributed by atoms with van der Waals surface area (Å²) in [7, 11) is 0. The van der Waals surface area contributed by atoms with Crippen LogP contribution in [0.5, 0.6) is 0 Å². The first-order valence-electron chi connectivity index (χ1n) is 7.87. The molecule has 1 saturated carbocycles. The van der Waals surface area contributed by atoms with E-state index in [1.54, 1.807) is 4.52 Å². The van der Waals surface area contributed by atoms with Gasteiger partial charge in [-0.1, -0.05) is 19.4 Å². The summed E-state index contributed by atoms with van der Waals surface area (Å²) in [6.07, 6.45) is 7.14. The van der Waals surface area contributed by atoms with E-state index in [0.717, 1.165) is 42.8 Å². The van der Waals surface area contributed by atoms with Gasteiger partial charge in [-0.25, -0.2) is 4.52 Å². The third-order valence-corrected chi connectivity index (χ3v) is 4.67. The third-order valence-electron chi connectivity index (χ3n) is 4.67. The predicted molar refractivity (Wildman–Crippen MR) is 83.4 cm³/mol. The number of aliphatic hydroxyl groups is 1. The number of anilines is 1. The van der Waals surface area contributed by atoms with Crippen LogP contribution in [0.2, 0.25) is 0 Å². The molecule has 0 aromatic carbocycles. The summed E-state index contributed by atoms with van der Waals surface area (Å²) in [6, 6.07) is 3.97. The van der Waals surface area contributed by atoms with Crippen LogP contribution in [-0.4, -0.2) is 31.9 Å². The van der Waals surface area contributed by atoms with E-state index in [1.165, 1.54) is 6.42 Å². The molecule has 2 aromatic heterocycles. The van der Waals surface area contributed by atoms with E-state index in [9.17, 15) is 5.11 Å². The maximum absolute atomic E-state index is 10.6. The molecule has 1 aliphatic carbocycles. The van der Waals surface area contributed by atoms with Crippen LogP contribution in [0.3, 0.4) is 0 Å². The van der Waals surface area contributed by atoms with Crippen molar-refractivity contribution in [2.45, 2.75) is 51.6 Å². The van der Waals surface area contributed by atoms with Crippen LogP contribution in [-0.2, 0) is 0 Å². The number of hydrogen-bond donors (Lipinski definition) is 2. The Kier molecular flexibility index (Phi) is 3.85. The summed E-state index contributed by atoms with van der Waals surface area (Å²) in [4.78, 5) is 4.43. The number of nitrogens with zero attached hydrogens (tertiary/aromatic N) is 3. The quantitative estimate of drug-likeness (QED) is 0.908. The summed E-state index contributed by atoms with van der Waals surface area (Å²) >= 11 is 0. The van der Waals surface area contributed by atoms with Gasteiger partial charge in [0.05, 0.1) is 5.60 Å². The molecule has 114 valence electrons. The Hall–Kier alpha value is -1.62. The minimum Gasteiger partial charge on any atom is -0.388 e. The zero-order valence-electron chi connectivity index (χ0n) is 12.8. The molecule has 0 aliphatic heterocycles. The van der Waals surface area contributed by atoms with Crippen molar-refractivity contribution in [3.63, 3.8) is 0 Å². The molecule has 1 fully saturated rings. The normalized spacial score (nSPS) is 26.1. The molecule has 2 aromatic rings. The van der Waals surface area contributed by atoms with Crippen molar-refractivity contribution in [3.05, 3.63) is 23.9 Å². The highest BCUT2D eigenvalue weighted by atomic mass is 16.3. The van der Waals surface area contributed by atoms with Crippen molar-refractivity contribution in [2.75, 3.05) is 11.9 Å². The monoisotopic (exact) mass is 288 g/mol. The molecule has 3 rings (SSSR count). The maximum atomic E-state index is 10.6. The number of aryl methyl sites for hydroxylation is 1. The second-order valence-electron chi connectivity index (χ2n) is 6.37. The van der Waals surface area contributed by atoms with Gasteiger partial charge in [0.1, 0.15) is 0 Å². The molecule has 1 aliphatic rings. The molecule has 0 amide bonds. The van der Waals surface area contributed by atoms with Crippen LogP contribution < -0.4 is 5.32 Å². The highest BCUT2D eigenvalue weighted by Gasteiger charge is 2.32. The second kappa shape index (κ2) is 5.64. The highest BCUT2D eigenvalue weighted by molar-refractivity contribution is 5.44. The standard InChI is InChI=1S/C16H24N4O/c1-3-13-6-8-16(21,9-7-13)11-17-15-18-14-5-4-12(2)10-20(14)19-15/h4-5,10,13,21H,3,6-9,11H2,1-2H3,(H,17,19). The topological polar surface area (TPSA) is 62.5 Å². The Morgan fingerprint density at radius 3 is 2.86 bits per heavy atom.